The Labute approximate surface area is 132 Å². The fraction of sp³-hybridized carbons (Fsp3) is 0.333. The van der Waals surface area contributed by atoms with E-state index in [9.17, 15) is 4.79 Å². The first-order valence-corrected chi connectivity index (χ1v) is 7.88. The van der Waals surface area contributed by atoms with Crippen LogP contribution in [-0.2, 0) is 16.1 Å². The first-order chi connectivity index (χ1) is 10.7. The smallest absolute Gasteiger partial charge is 0.410 e. The lowest BCUT2D eigenvalue weighted by molar-refractivity contribution is -0.0126. The number of nitrogen functional groups attached to an aromatic ring is 1. The van der Waals surface area contributed by atoms with Crippen molar-refractivity contribution in [2.45, 2.75) is 12.6 Å². The summed E-state index contributed by atoms with van der Waals surface area (Å²) in [5.41, 5.74) is 7.38. The maximum absolute atomic E-state index is 12.4. The average molecular weight is 319 g/mol. The number of thiazole rings is 1. The van der Waals surface area contributed by atoms with Crippen molar-refractivity contribution in [2.24, 2.45) is 0 Å². The van der Waals surface area contributed by atoms with Crippen molar-refractivity contribution in [3.8, 4) is 0 Å². The van der Waals surface area contributed by atoms with Gasteiger partial charge in [0.15, 0.2) is 5.13 Å². The predicted octanol–water partition coefficient (Wildman–Crippen LogP) is 2.44. The molecule has 3 rings (SSSR count). The molecule has 0 bridgehead atoms. The molecule has 2 heterocycles. The Morgan fingerprint density at radius 3 is 3.00 bits per heavy atom. The molecule has 7 heteroatoms. The molecule has 0 aliphatic carbocycles. The Hall–Kier alpha value is -2.12. The van der Waals surface area contributed by atoms with Gasteiger partial charge in [0.05, 0.1) is 18.9 Å². The number of carbonyl (C=O) groups excluding carboxylic acids is 1. The molecule has 2 N–H and O–H groups in total. The molecule has 1 aliphatic heterocycles. The molecular formula is C15H17N3O3S. The highest BCUT2D eigenvalue weighted by Gasteiger charge is 2.31. The molecule has 22 heavy (non-hydrogen) atoms. The Kier molecular flexibility index (Phi) is 4.55. The summed E-state index contributed by atoms with van der Waals surface area (Å²) in [5.74, 6) is 0. The Balaban J connectivity index is 1.66. The summed E-state index contributed by atoms with van der Waals surface area (Å²) in [6.07, 6.45) is -0.358. The Bertz CT molecular complexity index is 632. The lowest BCUT2D eigenvalue weighted by Gasteiger charge is -2.33. The zero-order valence-electron chi connectivity index (χ0n) is 12.0. The summed E-state index contributed by atoms with van der Waals surface area (Å²) in [4.78, 5) is 18.3. The van der Waals surface area contributed by atoms with Crippen molar-refractivity contribution >= 4 is 22.6 Å². The second-order valence-electron chi connectivity index (χ2n) is 4.93. The van der Waals surface area contributed by atoms with Crippen molar-refractivity contribution in [2.75, 3.05) is 25.5 Å². The minimum absolute atomic E-state index is 0.245. The van der Waals surface area contributed by atoms with Crippen molar-refractivity contribution < 1.29 is 14.3 Å². The van der Waals surface area contributed by atoms with Gasteiger partial charge in [0.2, 0.25) is 0 Å². The molecule has 2 aromatic rings. The molecule has 0 saturated carbocycles. The maximum Gasteiger partial charge on any atom is 0.410 e. The largest absolute Gasteiger partial charge is 0.445 e. The lowest BCUT2D eigenvalue weighted by atomic mass is 10.2. The van der Waals surface area contributed by atoms with Gasteiger partial charge in [-0.3, -0.25) is 4.90 Å². The molecular weight excluding hydrogens is 302 g/mol. The van der Waals surface area contributed by atoms with E-state index in [4.69, 9.17) is 15.2 Å². The van der Waals surface area contributed by atoms with Crippen molar-refractivity contribution in [3.05, 3.63) is 47.0 Å². The molecule has 0 unspecified atom stereocenters. The van der Waals surface area contributed by atoms with Crippen molar-refractivity contribution in [1.82, 2.24) is 9.88 Å². The first kappa shape index (κ1) is 14.8. The van der Waals surface area contributed by atoms with E-state index in [-0.39, 0.29) is 18.7 Å². The third kappa shape index (κ3) is 3.37. The predicted molar refractivity (Wildman–Crippen MR) is 83.4 cm³/mol. The Morgan fingerprint density at radius 2 is 2.27 bits per heavy atom. The quantitative estimate of drug-likeness (QED) is 0.940. The number of hydrogen-bond donors (Lipinski definition) is 1. The van der Waals surface area contributed by atoms with Crippen LogP contribution in [0.1, 0.15) is 17.3 Å². The van der Waals surface area contributed by atoms with Gasteiger partial charge in [-0.2, -0.15) is 0 Å². The van der Waals surface area contributed by atoms with Gasteiger partial charge in [0.25, 0.3) is 0 Å². The third-order valence-corrected chi connectivity index (χ3v) is 4.14. The number of amides is 1. The van der Waals surface area contributed by atoms with Gasteiger partial charge in [-0.1, -0.05) is 30.3 Å². The normalized spacial score (nSPS) is 18.2. The molecule has 0 radical (unpaired) electrons. The van der Waals surface area contributed by atoms with E-state index < -0.39 is 0 Å². The molecule has 1 aromatic heterocycles. The molecule has 1 aromatic carbocycles. The fourth-order valence-corrected chi connectivity index (χ4v) is 2.93. The van der Waals surface area contributed by atoms with E-state index in [2.05, 4.69) is 4.98 Å². The number of anilines is 1. The SMILES string of the molecule is Nc1nc([C@@H]2COCCN2C(=O)OCc2ccccc2)cs1. The topological polar surface area (TPSA) is 77.7 Å². The van der Waals surface area contributed by atoms with E-state index in [1.54, 1.807) is 4.90 Å². The van der Waals surface area contributed by atoms with Crippen LogP contribution in [0.25, 0.3) is 0 Å². The third-order valence-electron chi connectivity index (χ3n) is 3.45. The van der Waals surface area contributed by atoms with Gasteiger partial charge in [0.1, 0.15) is 12.6 Å². The second-order valence-corrected chi connectivity index (χ2v) is 5.82. The molecule has 1 amide bonds. The van der Waals surface area contributed by atoms with Crippen molar-refractivity contribution in [3.63, 3.8) is 0 Å². The molecule has 6 nitrogen and oxygen atoms in total. The average Bonchev–Trinajstić information content (AvgIpc) is 3.00. The van der Waals surface area contributed by atoms with E-state index in [0.717, 1.165) is 11.3 Å². The van der Waals surface area contributed by atoms with Crippen LogP contribution < -0.4 is 5.73 Å². The number of nitrogens with two attached hydrogens (primary N) is 1. The summed E-state index contributed by atoms with van der Waals surface area (Å²) < 4.78 is 10.9. The second kappa shape index (κ2) is 6.76. The molecule has 1 aliphatic rings. The minimum Gasteiger partial charge on any atom is -0.445 e. The summed E-state index contributed by atoms with van der Waals surface area (Å²) >= 11 is 1.35. The molecule has 116 valence electrons. The van der Waals surface area contributed by atoms with Crippen molar-refractivity contribution in [1.29, 1.82) is 0 Å². The molecule has 0 spiro atoms. The van der Waals surface area contributed by atoms with E-state index in [1.807, 2.05) is 35.7 Å². The number of rotatable bonds is 3. The zero-order valence-corrected chi connectivity index (χ0v) is 12.8. The number of ether oxygens (including phenoxy) is 2. The fourth-order valence-electron chi connectivity index (χ4n) is 2.32. The Morgan fingerprint density at radius 1 is 1.45 bits per heavy atom. The van der Waals surface area contributed by atoms with Crippen LogP contribution in [0.2, 0.25) is 0 Å². The molecule has 1 fully saturated rings. The molecule has 1 saturated heterocycles. The van der Waals surface area contributed by atoms with Crippen LogP contribution in [-0.4, -0.2) is 35.7 Å². The number of hydrogen-bond acceptors (Lipinski definition) is 6. The maximum atomic E-state index is 12.4. The van der Waals surface area contributed by atoms with E-state index >= 15 is 0 Å². The van der Waals surface area contributed by atoms with Gasteiger partial charge >= 0.3 is 6.09 Å². The molecule has 1 atom stereocenters. The zero-order chi connectivity index (χ0) is 15.4. The number of morpholine rings is 1. The minimum atomic E-state index is -0.358. The van der Waals surface area contributed by atoms with Crippen LogP contribution in [0.4, 0.5) is 9.93 Å². The van der Waals surface area contributed by atoms with Crippen LogP contribution in [0.5, 0.6) is 0 Å². The highest BCUT2D eigenvalue weighted by atomic mass is 32.1. The van der Waals surface area contributed by atoms with Crippen LogP contribution in [0.3, 0.4) is 0 Å². The number of benzene rings is 1. The summed E-state index contributed by atoms with van der Waals surface area (Å²) in [7, 11) is 0. The van der Waals surface area contributed by atoms with E-state index in [0.29, 0.717) is 24.9 Å². The highest BCUT2D eigenvalue weighted by Crippen LogP contribution is 2.27. The summed E-state index contributed by atoms with van der Waals surface area (Å²) in [6, 6.07) is 9.36. The number of nitrogens with zero attached hydrogens (tertiary/aromatic N) is 2. The number of carbonyl (C=O) groups is 1. The van der Waals surface area contributed by atoms with Crippen LogP contribution in [0, 0.1) is 0 Å². The van der Waals surface area contributed by atoms with Crippen LogP contribution in [0.15, 0.2) is 35.7 Å². The van der Waals surface area contributed by atoms with Crippen LogP contribution >= 0.6 is 11.3 Å². The van der Waals surface area contributed by atoms with Gasteiger partial charge in [-0.15, -0.1) is 11.3 Å². The standard InChI is InChI=1S/C15H17N3O3S/c16-14-17-12(10-22-14)13-9-20-7-6-18(13)15(19)21-8-11-4-2-1-3-5-11/h1-5,10,13H,6-9H2,(H2,16,17)/t13-/m0/s1. The van der Waals surface area contributed by atoms with Gasteiger partial charge in [0, 0.05) is 11.9 Å². The monoisotopic (exact) mass is 319 g/mol. The summed E-state index contributed by atoms with van der Waals surface area (Å²) in [6.45, 7) is 1.64. The van der Waals surface area contributed by atoms with Gasteiger partial charge in [-0.05, 0) is 5.56 Å². The van der Waals surface area contributed by atoms with Gasteiger partial charge in [-0.25, -0.2) is 9.78 Å². The van der Waals surface area contributed by atoms with E-state index in [1.165, 1.54) is 11.3 Å². The lowest BCUT2D eigenvalue weighted by Crippen LogP contribution is -2.43. The summed E-state index contributed by atoms with van der Waals surface area (Å²) in [5, 5.41) is 2.34. The first-order valence-electron chi connectivity index (χ1n) is 7.00. The highest BCUT2D eigenvalue weighted by molar-refractivity contribution is 7.13. The number of aromatic nitrogens is 1. The van der Waals surface area contributed by atoms with Gasteiger partial charge < -0.3 is 15.2 Å².